The van der Waals surface area contributed by atoms with Crippen LogP contribution in [0.3, 0.4) is 0 Å². The SMILES string of the molecule is CC(C)=CCC/C(C)=C/CCC(C)=CC[PH](c1ccccc1)(c1ccccc1)c1ccccc1. The third kappa shape index (κ3) is 7.15. The Balaban J connectivity index is 1.87. The Labute approximate surface area is 208 Å². The molecule has 0 nitrogen and oxygen atoms in total. The molecule has 3 aromatic carbocycles. The van der Waals surface area contributed by atoms with Gasteiger partial charge in [0.1, 0.15) is 0 Å². The molecule has 0 aliphatic heterocycles. The van der Waals surface area contributed by atoms with Crippen LogP contribution in [-0.2, 0) is 0 Å². The fourth-order valence-corrected chi connectivity index (χ4v) is 9.33. The van der Waals surface area contributed by atoms with E-state index in [-0.39, 0.29) is 0 Å². The van der Waals surface area contributed by atoms with Crippen molar-refractivity contribution in [2.24, 2.45) is 0 Å². The van der Waals surface area contributed by atoms with Gasteiger partial charge in [-0.1, -0.05) is 0 Å². The Kier molecular flexibility index (Phi) is 10.1. The molecule has 0 amide bonds. The molecular weight excluding hydrogens is 427 g/mol. The monoisotopic (exact) mass is 468 g/mol. The van der Waals surface area contributed by atoms with Crippen molar-refractivity contribution in [3.63, 3.8) is 0 Å². The normalized spacial score (nSPS) is 12.9. The summed E-state index contributed by atoms with van der Waals surface area (Å²) in [5.74, 6) is 0. The van der Waals surface area contributed by atoms with Crippen LogP contribution >= 0.6 is 7.26 Å². The van der Waals surface area contributed by atoms with E-state index >= 15 is 0 Å². The maximum atomic E-state index is 2.53. The summed E-state index contributed by atoms with van der Waals surface area (Å²) < 4.78 is 0. The van der Waals surface area contributed by atoms with Gasteiger partial charge in [-0.25, -0.2) is 0 Å². The number of rotatable bonds is 11. The first kappa shape index (κ1) is 25.9. The van der Waals surface area contributed by atoms with Crippen molar-refractivity contribution in [2.75, 3.05) is 6.16 Å². The van der Waals surface area contributed by atoms with Gasteiger partial charge in [-0.2, -0.15) is 0 Å². The molecule has 34 heavy (non-hydrogen) atoms. The van der Waals surface area contributed by atoms with Gasteiger partial charge in [-0.05, 0) is 0 Å². The van der Waals surface area contributed by atoms with E-state index in [4.69, 9.17) is 0 Å². The summed E-state index contributed by atoms with van der Waals surface area (Å²) in [6.45, 7) is 8.94. The minimum absolute atomic E-state index is 1.08. The van der Waals surface area contributed by atoms with Gasteiger partial charge in [0.15, 0.2) is 0 Å². The van der Waals surface area contributed by atoms with Gasteiger partial charge in [-0.15, -0.1) is 0 Å². The molecule has 0 spiro atoms. The van der Waals surface area contributed by atoms with Gasteiger partial charge in [-0.3, -0.25) is 0 Å². The summed E-state index contributed by atoms with van der Waals surface area (Å²) in [6.07, 6.45) is 13.0. The molecule has 0 saturated carbocycles. The average Bonchev–Trinajstić information content (AvgIpc) is 2.86. The molecule has 0 aliphatic rings. The third-order valence-electron chi connectivity index (χ3n) is 6.68. The van der Waals surface area contributed by atoms with Crippen LogP contribution in [0.25, 0.3) is 0 Å². The molecule has 0 bridgehead atoms. The van der Waals surface area contributed by atoms with Crippen molar-refractivity contribution in [1.82, 2.24) is 0 Å². The van der Waals surface area contributed by atoms with Crippen molar-refractivity contribution in [3.05, 3.63) is 126 Å². The molecule has 0 aliphatic carbocycles. The van der Waals surface area contributed by atoms with E-state index in [2.05, 4.69) is 137 Å². The third-order valence-corrected chi connectivity index (χ3v) is 11.5. The first-order valence-corrected chi connectivity index (χ1v) is 14.8. The number of benzene rings is 3. The molecule has 178 valence electrons. The minimum atomic E-state index is -2.17. The second kappa shape index (κ2) is 13.3. The maximum absolute atomic E-state index is 2.53. The summed E-state index contributed by atoms with van der Waals surface area (Å²) in [5, 5.41) is 4.43. The fourth-order valence-electron chi connectivity index (χ4n) is 4.69. The summed E-state index contributed by atoms with van der Waals surface area (Å²) >= 11 is 0. The fraction of sp³-hybridized carbons (Fsp3) is 0.273. The first-order chi connectivity index (χ1) is 16.5. The van der Waals surface area contributed by atoms with Gasteiger partial charge in [0, 0.05) is 0 Å². The van der Waals surface area contributed by atoms with E-state index in [9.17, 15) is 0 Å². The summed E-state index contributed by atoms with van der Waals surface area (Å²) in [5.41, 5.74) is 4.41. The Bertz CT molecular complexity index is 988. The Morgan fingerprint density at radius 1 is 0.529 bits per heavy atom. The summed E-state index contributed by atoms with van der Waals surface area (Å²) in [6, 6.07) is 33.6. The molecule has 0 aromatic heterocycles. The first-order valence-electron chi connectivity index (χ1n) is 12.6. The van der Waals surface area contributed by atoms with E-state index in [0.717, 1.165) is 25.4 Å². The van der Waals surface area contributed by atoms with E-state index in [1.54, 1.807) is 0 Å². The molecule has 0 radical (unpaired) electrons. The van der Waals surface area contributed by atoms with Crippen molar-refractivity contribution < 1.29 is 0 Å². The zero-order valence-corrected chi connectivity index (χ0v) is 22.4. The van der Waals surface area contributed by atoms with Crippen LogP contribution in [0.15, 0.2) is 126 Å². The molecule has 0 N–H and O–H groups in total. The van der Waals surface area contributed by atoms with Crippen molar-refractivity contribution in [3.8, 4) is 0 Å². The van der Waals surface area contributed by atoms with E-state index in [1.807, 2.05) is 0 Å². The van der Waals surface area contributed by atoms with Crippen LogP contribution in [0.1, 0.15) is 53.4 Å². The zero-order valence-electron chi connectivity index (χ0n) is 21.4. The molecule has 3 aromatic rings. The average molecular weight is 469 g/mol. The molecule has 3 rings (SSSR count). The Hall–Kier alpha value is -2.69. The predicted octanol–water partition coefficient (Wildman–Crippen LogP) is 8.13. The second-order valence-corrected chi connectivity index (χ2v) is 13.6. The number of allylic oxidation sites excluding steroid dienone is 6. The van der Waals surface area contributed by atoms with Gasteiger partial charge in [0.25, 0.3) is 0 Å². The Morgan fingerprint density at radius 3 is 1.32 bits per heavy atom. The van der Waals surface area contributed by atoms with Gasteiger partial charge >= 0.3 is 209 Å². The molecule has 0 unspecified atom stereocenters. The van der Waals surface area contributed by atoms with Crippen LogP contribution in [0.5, 0.6) is 0 Å². The quantitative estimate of drug-likeness (QED) is 0.197. The molecule has 1 heteroatoms. The zero-order chi connectivity index (χ0) is 24.2. The van der Waals surface area contributed by atoms with E-state index < -0.39 is 7.26 Å². The van der Waals surface area contributed by atoms with E-state index in [0.29, 0.717) is 0 Å². The van der Waals surface area contributed by atoms with Crippen molar-refractivity contribution in [2.45, 2.75) is 53.4 Å². The molecule has 0 fully saturated rings. The van der Waals surface area contributed by atoms with Crippen molar-refractivity contribution in [1.29, 1.82) is 0 Å². The topological polar surface area (TPSA) is 0 Å². The molecule has 0 saturated heterocycles. The second-order valence-electron chi connectivity index (χ2n) is 9.67. The number of hydrogen-bond acceptors (Lipinski definition) is 0. The van der Waals surface area contributed by atoms with Crippen LogP contribution in [-0.4, -0.2) is 6.16 Å². The van der Waals surface area contributed by atoms with Gasteiger partial charge in [0.2, 0.25) is 0 Å². The van der Waals surface area contributed by atoms with Crippen molar-refractivity contribution >= 4 is 23.2 Å². The van der Waals surface area contributed by atoms with Crippen LogP contribution in [0.2, 0.25) is 0 Å². The standard InChI is InChI=1S/C33H41P/c1-28(2)16-14-17-29(3)18-15-19-30(4)26-27-34(31-20-8-5-9-21-31,32-22-10-6-11-23-32)33-24-12-7-13-25-33/h5-13,16,18,20-26,34H,14-15,17,19,27H2,1-4H3/b29-18+,30-26?. The van der Waals surface area contributed by atoms with Gasteiger partial charge in [0.05, 0.1) is 0 Å². The van der Waals surface area contributed by atoms with Crippen LogP contribution in [0.4, 0.5) is 0 Å². The Morgan fingerprint density at radius 2 is 0.912 bits per heavy atom. The summed E-state index contributed by atoms with van der Waals surface area (Å²) in [7, 11) is -2.17. The predicted molar refractivity (Wildman–Crippen MR) is 157 cm³/mol. The molecular formula is C33H41P. The van der Waals surface area contributed by atoms with Crippen LogP contribution in [0, 0.1) is 0 Å². The van der Waals surface area contributed by atoms with Gasteiger partial charge < -0.3 is 0 Å². The van der Waals surface area contributed by atoms with E-state index in [1.165, 1.54) is 39.1 Å². The number of hydrogen-bond donors (Lipinski definition) is 0. The van der Waals surface area contributed by atoms with Crippen LogP contribution < -0.4 is 15.9 Å². The molecule has 0 heterocycles. The summed E-state index contributed by atoms with van der Waals surface area (Å²) in [4.78, 5) is 0. The molecule has 0 atom stereocenters.